The van der Waals surface area contributed by atoms with E-state index in [9.17, 15) is 9.59 Å². The van der Waals surface area contributed by atoms with Gasteiger partial charge in [-0.15, -0.1) is 0 Å². The van der Waals surface area contributed by atoms with Crippen LogP contribution in [0.15, 0.2) is 36.4 Å². The molecule has 0 unspecified atom stereocenters. The van der Waals surface area contributed by atoms with E-state index in [2.05, 4.69) is 13.8 Å². The summed E-state index contributed by atoms with van der Waals surface area (Å²) in [5.41, 5.74) is 1.76. The summed E-state index contributed by atoms with van der Waals surface area (Å²) in [5, 5.41) is 0. The Morgan fingerprint density at radius 2 is 0.789 bits per heavy atom. The molecule has 0 radical (unpaired) electrons. The minimum atomic E-state index is -0.123. The van der Waals surface area contributed by atoms with Gasteiger partial charge in [0.05, 0.1) is 13.2 Å². The molecule has 0 spiro atoms. The quantitative estimate of drug-likeness (QED) is 0.139. The molecule has 0 saturated carbocycles. The third kappa shape index (κ3) is 9.29. The Hall–Kier alpha value is -2.62. The highest BCUT2D eigenvalue weighted by Gasteiger charge is 2.30. The molecular weight excluding hydrogens is 472 g/mol. The van der Waals surface area contributed by atoms with Crippen LogP contribution >= 0.6 is 0 Å². The number of unbranched alkanes of at least 4 members (excludes halogenated alkanes) is 14. The van der Waals surface area contributed by atoms with Crippen molar-refractivity contribution in [2.24, 2.45) is 0 Å². The maximum atomic E-state index is 13.2. The Morgan fingerprint density at radius 3 is 1.16 bits per heavy atom. The van der Waals surface area contributed by atoms with E-state index in [0.717, 1.165) is 25.7 Å². The predicted octanol–water partition coefficient (Wildman–Crippen LogP) is 9.50. The molecule has 0 fully saturated rings. The first-order chi connectivity index (χ1) is 18.7. The lowest BCUT2D eigenvalue weighted by Crippen LogP contribution is -2.21. The maximum Gasteiger partial charge on any atom is 0.194 e. The molecular formula is C34H48O4. The van der Waals surface area contributed by atoms with Crippen molar-refractivity contribution in [1.82, 2.24) is 0 Å². The summed E-state index contributed by atoms with van der Waals surface area (Å²) >= 11 is 0. The molecule has 0 bridgehead atoms. The molecule has 208 valence electrons. The standard InChI is InChI=1S/C34H48O4/c1-3-5-7-9-11-13-15-17-23-37-27-19-21-29-31(25-27)33(35)30-22-20-28(26-32(30)34(29)36)38-24-18-16-14-12-10-8-6-4-2/h19-22,25-26H,3-18,23-24H2,1-2H3. The summed E-state index contributed by atoms with van der Waals surface area (Å²) in [5.74, 6) is 1.06. The summed E-state index contributed by atoms with van der Waals surface area (Å²) < 4.78 is 11.8. The Kier molecular flexibility index (Phi) is 13.4. The van der Waals surface area contributed by atoms with Crippen LogP contribution in [0.5, 0.6) is 11.5 Å². The molecule has 0 amide bonds. The largest absolute Gasteiger partial charge is 0.494 e. The maximum absolute atomic E-state index is 13.2. The first-order valence-electron chi connectivity index (χ1n) is 15.3. The Balaban J connectivity index is 1.45. The van der Waals surface area contributed by atoms with Crippen LogP contribution in [-0.2, 0) is 0 Å². The number of carbonyl (C=O) groups excluding carboxylic acids is 2. The van der Waals surface area contributed by atoms with Crippen molar-refractivity contribution in [3.05, 3.63) is 58.7 Å². The summed E-state index contributed by atoms with van der Waals surface area (Å²) in [6.45, 7) is 5.74. The first kappa shape index (κ1) is 29.9. The van der Waals surface area contributed by atoms with Crippen LogP contribution in [0.3, 0.4) is 0 Å². The number of carbonyl (C=O) groups is 2. The number of rotatable bonds is 20. The lowest BCUT2D eigenvalue weighted by atomic mass is 9.84. The molecule has 0 heterocycles. The van der Waals surface area contributed by atoms with Crippen molar-refractivity contribution in [2.45, 2.75) is 117 Å². The van der Waals surface area contributed by atoms with E-state index in [1.54, 1.807) is 24.3 Å². The summed E-state index contributed by atoms with van der Waals surface area (Å²) in [7, 11) is 0. The zero-order chi connectivity index (χ0) is 27.0. The van der Waals surface area contributed by atoms with Crippen molar-refractivity contribution >= 4 is 11.6 Å². The van der Waals surface area contributed by atoms with Gasteiger partial charge in [-0.05, 0) is 49.2 Å². The van der Waals surface area contributed by atoms with Crippen molar-refractivity contribution in [3.63, 3.8) is 0 Å². The van der Waals surface area contributed by atoms with Gasteiger partial charge in [0, 0.05) is 22.3 Å². The van der Waals surface area contributed by atoms with E-state index in [1.807, 2.05) is 12.1 Å². The van der Waals surface area contributed by atoms with Crippen molar-refractivity contribution < 1.29 is 19.1 Å². The molecule has 0 saturated heterocycles. The Morgan fingerprint density at radius 1 is 0.447 bits per heavy atom. The number of fused-ring (bicyclic) bond motifs is 2. The third-order valence-electron chi connectivity index (χ3n) is 7.49. The minimum absolute atomic E-state index is 0.123. The molecule has 4 nitrogen and oxygen atoms in total. The normalized spacial score (nSPS) is 12.4. The number of hydrogen-bond acceptors (Lipinski definition) is 4. The van der Waals surface area contributed by atoms with Crippen molar-refractivity contribution in [3.8, 4) is 11.5 Å². The van der Waals surface area contributed by atoms with Gasteiger partial charge in [0.25, 0.3) is 0 Å². The fraction of sp³-hybridized carbons (Fsp3) is 0.588. The molecule has 0 aromatic heterocycles. The second-order valence-corrected chi connectivity index (χ2v) is 10.7. The van der Waals surface area contributed by atoms with Crippen molar-refractivity contribution in [2.75, 3.05) is 13.2 Å². The van der Waals surface area contributed by atoms with Gasteiger partial charge in [0.1, 0.15) is 11.5 Å². The third-order valence-corrected chi connectivity index (χ3v) is 7.49. The second kappa shape index (κ2) is 17.1. The van der Waals surface area contributed by atoms with Crippen LogP contribution < -0.4 is 9.47 Å². The number of hydrogen-bond donors (Lipinski definition) is 0. The molecule has 0 atom stereocenters. The number of ketones is 2. The number of ether oxygens (including phenoxy) is 2. The molecule has 38 heavy (non-hydrogen) atoms. The van der Waals surface area contributed by atoms with E-state index in [-0.39, 0.29) is 11.6 Å². The average Bonchev–Trinajstić information content (AvgIpc) is 2.94. The SMILES string of the molecule is CCCCCCCCCCOc1ccc2c(c1)C(=O)c1ccc(OCCCCCCCCCC)cc1C2=O. The smallest absolute Gasteiger partial charge is 0.194 e. The van der Waals surface area contributed by atoms with Crippen LogP contribution in [-0.4, -0.2) is 24.8 Å². The number of benzene rings is 2. The first-order valence-corrected chi connectivity index (χ1v) is 15.3. The zero-order valence-electron chi connectivity index (χ0n) is 23.8. The van der Waals surface area contributed by atoms with E-state index < -0.39 is 0 Å². The molecule has 1 aliphatic rings. The Labute approximate surface area is 230 Å². The fourth-order valence-electron chi connectivity index (χ4n) is 5.14. The van der Waals surface area contributed by atoms with E-state index >= 15 is 0 Å². The predicted molar refractivity (Wildman–Crippen MR) is 156 cm³/mol. The van der Waals surface area contributed by atoms with E-state index in [4.69, 9.17) is 9.47 Å². The van der Waals surface area contributed by atoms with Crippen LogP contribution in [0, 0.1) is 0 Å². The van der Waals surface area contributed by atoms with Gasteiger partial charge in [0.2, 0.25) is 0 Å². The van der Waals surface area contributed by atoms with Crippen LogP contribution in [0.1, 0.15) is 148 Å². The minimum Gasteiger partial charge on any atom is -0.494 e. The van der Waals surface area contributed by atoms with Gasteiger partial charge < -0.3 is 9.47 Å². The van der Waals surface area contributed by atoms with Gasteiger partial charge in [-0.25, -0.2) is 0 Å². The van der Waals surface area contributed by atoms with Gasteiger partial charge in [-0.3, -0.25) is 9.59 Å². The Bertz CT molecular complexity index is 928. The van der Waals surface area contributed by atoms with Gasteiger partial charge in [-0.1, -0.05) is 104 Å². The molecule has 3 rings (SSSR count). The molecule has 2 aromatic rings. The highest BCUT2D eigenvalue weighted by molar-refractivity contribution is 6.28. The van der Waals surface area contributed by atoms with Gasteiger partial charge in [0.15, 0.2) is 11.6 Å². The van der Waals surface area contributed by atoms with Gasteiger partial charge in [-0.2, -0.15) is 0 Å². The molecule has 4 heteroatoms. The molecule has 0 N–H and O–H groups in total. The average molecular weight is 521 g/mol. The summed E-state index contributed by atoms with van der Waals surface area (Å²) in [6, 6.07) is 10.5. The second-order valence-electron chi connectivity index (χ2n) is 10.7. The lowest BCUT2D eigenvalue weighted by Gasteiger charge is -2.19. The van der Waals surface area contributed by atoms with Crippen molar-refractivity contribution in [1.29, 1.82) is 0 Å². The summed E-state index contributed by atoms with van der Waals surface area (Å²) in [6.07, 6.45) is 19.9. The van der Waals surface area contributed by atoms with E-state index in [1.165, 1.54) is 77.0 Å². The molecule has 0 aliphatic heterocycles. The monoisotopic (exact) mass is 520 g/mol. The summed E-state index contributed by atoms with van der Waals surface area (Å²) in [4.78, 5) is 26.4. The van der Waals surface area contributed by atoms with Crippen LogP contribution in [0.25, 0.3) is 0 Å². The van der Waals surface area contributed by atoms with E-state index in [0.29, 0.717) is 47.0 Å². The fourth-order valence-corrected chi connectivity index (χ4v) is 5.14. The van der Waals surface area contributed by atoms with Gasteiger partial charge >= 0.3 is 0 Å². The van der Waals surface area contributed by atoms with Crippen LogP contribution in [0.2, 0.25) is 0 Å². The molecule has 2 aromatic carbocycles. The lowest BCUT2D eigenvalue weighted by molar-refractivity contribution is 0.0978. The highest BCUT2D eigenvalue weighted by Crippen LogP contribution is 2.32. The topological polar surface area (TPSA) is 52.6 Å². The molecule has 1 aliphatic carbocycles. The van der Waals surface area contributed by atoms with Crippen LogP contribution in [0.4, 0.5) is 0 Å². The zero-order valence-corrected chi connectivity index (χ0v) is 23.8. The highest BCUT2D eigenvalue weighted by atomic mass is 16.5.